The maximum Gasteiger partial charge on any atom is 0.225 e. The Morgan fingerprint density at radius 3 is 2.94 bits per heavy atom. The van der Waals surface area contributed by atoms with Crippen molar-refractivity contribution >= 4 is 5.95 Å². The van der Waals surface area contributed by atoms with E-state index in [2.05, 4.69) is 26.8 Å². The fourth-order valence-corrected chi connectivity index (χ4v) is 3.01. The fourth-order valence-electron chi connectivity index (χ4n) is 3.01. The standard InChI is InChI=1S/C12H18N4/c1-15-7-3-12(9-15)4-8-16(10-12)11-13-5-2-6-14-11/h2,5-6H,3-4,7-10H2,1H3/i5D. The van der Waals surface area contributed by atoms with Gasteiger partial charge in [-0.15, -0.1) is 0 Å². The molecule has 0 amide bonds. The Kier molecular flexibility index (Phi) is 2.06. The quantitative estimate of drug-likeness (QED) is 0.705. The molecule has 4 nitrogen and oxygen atoms in total. The molecule has 0 saturated carbocycles. The fraction of sp³-hybridized carbons (Fsp3) is 0.667. The molecule has 0 N–H and O–H groups in total. The summed E-state index contributed by atoms with van der Waals surface area (Å²) in [6.07, 6.45) is 4.49. The lowest BCUT2D eigenvalue weighted by molar-refractivity contribution is 0.312. The number of nitrogens with zero attached hydrogens (tertiary/aromatic N) is 4. The predicted molar refractivity (Wildman–Crippen MR) is 63.4 cm³/mol. The predicted octanol–water partition coefficient (Wildman–Crippen LogP) is 1.01. The minimum absolute atomic E-state index is 0.305. The second-order valence-corrected chi connectivity index (χ2v) is 5.15. The minimum Gasteiger partial charge on any atom is -0.340 e. The highest BCUT2D eigenvalue weighted by atomic mass is 15.3. The normalized spacial score (nSPS) is 31.3. The molecule has 1 aromatic heterocycles. The first-order chi connectivity index (χ1) is 8.17. The second-order valence-electron chi connectivity index (χ2n) is 5.15. The molecule has 0 bridgehead atoms. The van der Waals surface area contributed by atoms with E-state index < -0.39 is 0 Å². The average molecular weight is 219 g/mol. The van der Waals surface area contributed by atoms with Crippen molar-refractivity contribution in [2.24, 2.45) is 5.41 Å². The van der Waals surface area contributed by atoms with Gasteiger partial charge < -0.3 is 9.80 Å². The van der Waals surface area contributed by atoms with Crippen LogP contribution in [0.1, 0.15) is 14.2 Å². The summed E-state index contributed by atoms with van der Waals surface area (Å²) in [7, 11) is 2.19. The van der Waals surface area contributed by atoms with Crippen LogP contribution >= 0.6 is 0 Å². The summed E-state index contributed by atoms with van der Waals surface area (Å²) in [6, 6.07) is 1.62. The van der Waals surface area contributed by atoms with E-state index in [-0.39, 0.29) is 0 Å². The van der Waals surface area contributed by atoms with E-state index in [1.807, 2.05) is 0 Å². The van der Waals surface area contributed by atoms with Gasteiger partial charge in [-0.2, -0.15) is 0 Å². The third kappa shape index (κ3) is 1.67. The van der Waals surface area contributed by atoms with Gasteiger partial charge in [0.05, 0.1) is 1.37 Å². The van der Waals surface area contributed by atoms with E-state index >= 15 is 0 Å². The topological polar surface area (TPSA) is 32.3 Å². The van der Waals surface area contributed by atoms with Crippen LogP contribution in [0.3, 0.4) is 0 Å². The first kappa shape index (κ1) is 8.93. The van der Waals surface area contributed by atoms with Gasteiger partial charge in [0.25, 0.3) is 0 Å². The molecule has 1 atom stereocenters. The lowest BCUT2D eigenvalue weighted by Crippen LogP contribution is -2.30. The molecular weight excluding hydrogens is 200 g/mol. The Morgan fingerprint density at radius 1 is 1.31 bits per heavy atom. The molecule has 1 spiro atoms. The van der Waals surface area contributed by atoms with Crippen LogP contribution in [0.25, 0.3) is 0 Å². The highest BCUT2D eigenvalue weighted by Gasteiger charge is 2.42. The van der Waals surface area contributed by atoms with Gasteiger partial charge in [-0.1, -0.05) is 0 Å². The number of aromatic nitrogens is 2. The van der Waals surface area contributed by atoms with E-state index in [0.717, 1.165) is 19.0 Å². The Labute approximate surface area is 97.7 Å². The second kappa shape index (κ2) is 3.70. The van der Waals surface area contributed by atoms with Gasteiger partial charge in [0.2, 0.25) is 5.95 Å². The van der Waals surface area contributed by atoms with E-state index in [1.165, 1.54) is 25.9 Å². The van der Waals surface area contributed by atoms with Gasteiger partial charge in [0, 0.05) is 37.4 Å². The molecule has 2 aliphatic heterocycles. The Hall–Kier alpha value is -1.16. The zero-order chi connectivity index (χ0) is 11.9. The van der Waals surface area contributed by atoms with Crippen LogP contribution in [0.2, 0.25) is 0 Å². The number of rotatable bonds is 1. The molecular formula is C12H18N4. The largest absolute Gasteiger partial charge is 0.340 e. The molecule has 2 aliphatic rings. The Balaban J connectivity index is 1.76. The first-order valence-electron chi connectivity index (χ1n) is 6.40. The Morgan fingerprint density at radius 2 is 2.19 bits per heavy atom. The third-order valence-electron chi connectivity index (χ3n) is 3.85. The van der Waals surface area contributed by atoms with Crippen molar-refractivity contribution in [3.05, 3.63) is 18.4 Å². The van der Waals surface area contributed by atoms with Crippen LogP contribution in [0.5, 0.6) is 0 Å². The van der Waals surface area contributed by atoms with Gasteiger partial charge in [-0.25, -0.2) is 9.97 Å². The van der Waals surface area contributed by atoms with E-state index in [4.69, 9.17) is 1.37 Å². The molecule has 2 fully saturated rings. The van der Waals surface area contributed by atoms with Gasteiger partial charge in [0.1, 0.15) is 0 Å². The SMILES string of the molecule is [2H]c1ccnc(N2CCC3(CCN(C)C3)C2)n1. The summed E-state index contributed by atoms with van der Waals surface area (Å²) >= 11 is 0. The number of anilines is 1. The molecule has 86 valence electrons. The molecule has 2 saturated heterocycles. The van der Waals surface area contributed by atoms with Crippen LogP contribution < -0.4 is 4.90 Å². The summed E-state index contributed by atoms with van der Waals surface area (Å²) < 4.78 is 7.55. The summed E-state index contributed by atoms with van der Waals surface area (Å²) in [5, 5.41) is 0. The van der Waals surface area contributed by atoms with Crippen LogP contribution in [0.15, 0.2) is 18.4 Å². The number of likely N-dealkylation sites (tertiary alicyclic amines) is 1. The van der Waals surface area contributed by atoms with Crippen molar-refractivity contribution < 1.29 is 1.37 Å². The average Bonchev–Trinajstić information content (AvgIpc) is 2.87. The lowest BCUT2D eigenvalue weighted by Gasteiger charge is -2.23. The van der Waals surface area contributed by atoms with Crippen LogP contribution in [-0.2, 0) is 0 Å². The van der Waals surface area contributed by atoms with Gasteiger partial charge in [-0.3, -0.25) is 0 Å². The van der Waals surface area contributed by atoms with Gasteiger partial charge in [0.15, 0.2) is 0 Å². The molecule has 16 heavy (non-hydrogen) atoms. The molecule has 0 aromatic carbocycles. The first-order valence-corrected chi connectivity index (χ1v) is 5.90. The smallest absolute Gasteiger partial charge is 0.225 e. The molecule has 1 unspecified atom stereocenters. The van der Waals surface area contributed by atoms with Crippen LogP contribution in [0.4, 0.5) is 5.95 Å². The molecule has 3 heterocycles. The van der Waals surface area contributed by atoms with E-state index in [0.29, 0.717) is 11.6 Å². The summed E-state index contributed by atoms with van der Waals surface area (Å²) in [5.74, 6) is 0.726. The molecule has 1 aromatic rings. The van der Waals surface area contributed by atoms with Crippen molar-refractivity contribution in [3.8, 4) is 0 Å². The molecule has 0 radical (unpaired) electrons. The monoisotopic (exact) mass is 219 g/mol. The van der Waals surface area contributed by atoms with Crippen LogP contribution in [-0.4, -0.2) is 48.1 Å². The summed E-state index contributed by atoms with van der Waals surface area (Å²) in [6.45, 7) is 4.45. The zero-order valence-corrected chi connectivity index (χ0v) is 9.69. The van der Waals surface area contributed by atoms with Crippen molar-refractivity contribution in [2.75, 3.05) is 38.1 Å². The van der Waals surface area contributed by atoms with Crippen LogP contribution in [0, 0.1) is 5.41 Å². The maximum absolute atomic E-state index is 7.55. The Bertz CT molecular complexity index is 425. The molecule has 3 rings (SSSR count). The van der Waals surface area contributed by atoms with Crippen molar-refractivity contribution in [3.63, 3.8) is 0 Å². The number of hydrogen-bond acceptors (Lipinski definition) is 4. The maximum atomic E-state index is 7.55. The van der Waals surface area contributed by atoms with E-state index in [9.17, 15) is 0 Å². The zero-order valence-electron chi connectivity index (χ0n) is 10.7. The van der Waals surface area contributed by atoms with Gasteiger partial charge in [-0.05, 0) is 32.5 Å². The van der Waals surface area contributed by atoms with E-state index in [1.54, 1.807) is 12.3 Å². The summed E-state index contributed by atoms with van der Waals surface area (Å²) in [4.78, 5) is 13.1. The highest BCUT2D eigenvalue weighted by Crippen LogP contribution is 2.39. The van der Waals surface area contributed by atoms with Gasteiger partial charge >= 0.3 is 0 Å². The highest BCUT2D eigenvalue weighted by molar-refractivity contribution is 5.32. The molecule has 4 heteroatoms. The number of hydrogen-bond donors (Lipinski definition) is 0. The van der Waals surface area contributed by atoms with Crippen molar-refractivity contribution in [2.45, 2.75) is 12.8 Å². The lowest BCUT2D eigenvalue weighted by atomic mass is 9.86. The third-order valence-corrected chi connectivity index (χ3v) is 3.85. The van der Waals surface area contributed by atoms with Crippen molar-refractivity contribution in [1.29, 1.82) is 0 Å². The molecule has 0 aliphatic carbocycles. The van der Waals surface area contributed by atoms with Crippen molar-refractivity contribution in [1.82, 2.24) is 14.9 Å². The minimum atomic E-state index is 0.305. The summed E-state index contributed by atoms with van der Waals surface area (Å²) in [5.41, 5.74) is 0.441.